The van der Waals surface area contributed by atoms with Crippen LogP contribution in [0.25, 0.3) is 0 Å². The first-order valence-electron chi connectivity index (χ1n) is 6.27. The van der Waals surface area contributed by atoms with Crippen LogP contribution in [0.5, 0.6) is 5.75 Å². The van der Waals surface area contributed by atoms with Crippen molar-refractivity contribution in [2.24, 2.45) is 10.9 Å². The number of thiazole rings is 1. The number of nitrogens with zero attached hydrogens (tertiary/aromatic N) is 1. The predicted octanol–water partition coefficient (Wildman–Crippen LogP) is 0.699. The van der Waals surface area contributed by atoms with E-state index in [4.69, 9.17) is 15.7 Å². The molecule has 1 aromatic carbocycles. The van der Waals surface area contributed by atoms with Gasteiger partial charge in [-0.25, -0.2) is 0 Å². The molecule has 5 N–H and O–H groups in total. The van der Waals surface area contributed by atoms with Crippen molar-refractivity contribution in [2.75, 3.05) is 13.2 Å². The van der Waals surface area contributed by atoms with E-state index >= 15 is 0 Å². The highest BCUT2D eigenvalue weighted by Gasteiger charge is 2.00. The highest BCUT2D eigenvalue weighted by Crippen LogP contribution is 2.11. The number of nitrogens with one attached hydrogen (secondary N) is 2. The molecule has 0 fully saturated rings. The van der Waals surface area contributed by atoms with Crippen LogP contribution in [0.1, 0.15) is 11.3 Å². The van der Waals surface area contributed by atoms with Gasteiger partial charge in [0.15, 0.2) is 5.84 Å². The molecule has 0 saturated heterocycles. The van der Waals surface area contributed by atoms with Gasteiger partial charge in [0, 0.05) is 29.7 Å². The molecule has 1 heterocycles. The zero-order chi connectivity index (χ0) is 15.1. The molecule has 0 saturated carbocycles. The number of benzene rings is 1. The van der Waals surface area contributed by atoms with Crippen LogP contribution in [0.2, 0.25) is 0 Å². The third kappa shape index (κ3) is 4.62. The number of rotatable bonds is 7. The van der Waals surface area contributed by atoms with E-state index in [9.17, 15) is 4.79 Å². The van der Waals surface area contributed by atoms with E-state index < -0.39 is 0 Å². The highest BCUT2D eigenvalue weighted by atomic mass is 32.1. The molecule has 0 bridgehead atoms. The lowest BCUT2D eigenvalue weighted by Crippen LogP contribution is -2.21. The van der Waals surface area contributed by atoms with Gasteiger partial charge in [-0.05, 0) is 24.3 Å². The standard InChI is InChI=1S/C13H16N4O3S/c14-12(17-19)9-1-3-11(4-2-9)20-6-5-15-7-10-8-21-13(18)16-10/h1-4,8,15,19H,5-7H2,(H2,14,17)(H,16,18). The Balaban J connectivity index is 1.70. The number of hydrogen-bond acceptors (Lipinski definition) is 6. The summed E-state index contributed by atoms with van der Waals surface area (Å²) in [7, 11) is 0. The summed E-state index contributed by atoms with van der Waals surface area (Å²) in [5.41, 5.74) is 6.96. The Labute approximate surface area is 125 Å². The van der Waals surface area contributed by atoms with Crippen LogP contribution in [0.15, 0.2) is 39.6 Å². The van der Waals surface area contributed by atoms with Gasteiger partial charge >= 0.3 is 4.87 Å². The summed E-state index contributed by atoms with van der Waals surface area (Å²) >= 11 is 1.15. The number of aromatic nitrogens is 1. The summed E-state index contributed by atoms with van der Waals surface area (Å²) in [5.74, 6) is 0.767. The Hall–Kier alpha value is -2.32. The molecular weight excluding hydrogens is 292 g/mol. The molecule has 0 aliphatic carbocycles. The first-order valence-corrected chi connectivity index (χ1v) is 7.15. The highest BCUT2D eigenvalue weighted by molar-refractivity contribution is 7.07. The number of ether oxygens (including phenoxy) is 1. The SMILES string of the molecule is N/C(=N/O)c1ccc(OCCNCc2csc(=O)[nH]2)cc1. The van der Waals surface area contributed by atoms with Crippen molar-refractivity contribution in [1.82, 2.24) is 10.3 Å². The van der Waals surface area contributed by atoms with E-state index in [-0.39, 0.29) is 10.7 Å². The molecule has 0 atom stereocenters. The number of H-pyrrole nitrogens is 1. The number of oxime groups is 1. The maximum Gasteiger partial charge on any atom is 0.304 e. The second-order valence-corrected chi connectivity index (χ2v) is 5.05. The lowest BCUT2D eigenvalue weighted by molar-refractivity contribution is 0.313. The molecule has 2 rings (SSSR count). The summed E-state index contributed by atoms with van der Waals surface area (Å²) in [4.78, 5) is 13.6. The summed E-state index contributed by atoms with van der Waals surface area (Å²) in [5, 5.41) is 16.4. The first-order chi connectivity index (χ1) is 10.2. The maximum absolute atomic E-state index is 10.9. The molecule has 8 heteroatoms. The molecule has 0 radical (unpaired) electrons. The van der Waals surface area contributed by atoms with Crippen molar-refractivity contribution in [3.63, 3.8) is 0 Å². The van der Waals surface area contributed by atoms with E-state index in [0.717, 1.165) is 17.0 Å². The monoisotopic (exact) mass is 308 g/mol. The average Bonchev–Trinajstić information content (AvgIpc) is 2.92. The molecule has 2 aromatic rings. The molecule has 0 aliphatic rings. The van der Waals surface area contributed by atoms with Gasteiger partial charge in [0.1, 0.15) is 12.4 Å². The Morgan fingerprint density at radius 1 is 1.43 bits per heavy atom. The lowest BCUT2D eigenvalue weighted by atomic mass is 10.2. The molecular formula is C13H16N4O3S. The van der Waals surface area contributed by atoms with Crippen molar-refractivity contribution < 1.29 is 9.94 Å². The number of aromatic amines is 1. The average molecular weight is 308 g/mol. The van der Waals surface area contributed by atoms with E-state index in [1.807, 2.05) is 0 Å². The van der Waals surface area contributed by atoms with Gasteiger partial charge in [0.25, 0.3) is 0 Å². The minimum absolute atomic E-state index is 0.0474. The third-order valence-corrected chi connectivity index (χ3v) is 3.41. The predicted molar refractivity (Wildman–Crippen MR) is 81.1 cm³/mol. The lowest BCUT2D eigenvalue weighted by Gasteiger charge is -2.07. The summed E-state index contributed by atoms with van der Waals surface area (Å²) in [6.45, 7) is 1.75. The maximum atomic E-state index is 10.9. The van der Waals surface area contributed by atoms with Crippen molar-refractivity contribution in [1.29, 1.82) is 0 Å². The molecule has 7 nitrogen and oxygen atoms in total. The van der Waals surface area contributed by atoms with Gasteiger partial charge in [-0.15, -0.1) is 0 Å². The Kier molecular flexibility index (Phi) is 5.35. The molecule has 0 aliphatic heterocycles. The summed E-state index contributed by atoms with van der Waals surface area (Å²) < 4.78 is 5.54. The second kappa shape index (κ2) is 7.46. The zero-order valence-electron chi connectivity index (χ0n) is 11.2. The van der Waals surface area contributed by atoms with E-state index in [2.05, 4.69) is 15.5 Å². The van der Waals surface area contributed by atoms with Crippen LogP contribution >= 0.6 is 11.3 Å². The van der Waals surface area contributed by atoms with Crippen LogP contribution < -0.4 is 20.7 Å². The molecule has 0 spiro atoms. The molecule has 112 valence electrons. The van der Waals surface area contributed by atoms with E-state index in [0.29, 0.717) is 31.0 Å². The number of hydrogen-bond donors (Lipinski definition) is 4. The van der Waals surface area contributed by atoms with Crippen molar-refractivity contribution in [3.8, 4) is 5.75 Å². The van der Waals surface area contributed by atoms with Crippen LogP contribution in [0.4, 0.5) is 0 Å². The third-order valence-electron chi connectivity index (χ3n) is 2.69. The van der Waals surface area contributed by atoms with Crippen LogP contribution in [-0.2, 0) is 6.54 Å². The van der Waals surface area contributed by atoms with Gasteiger partial charge in [0.05, 0.1) is 0 Å². The Bertz CT molecular complexity index is 648. The first kappa shape index (κ1) is 15.1. The van der Waals surface area contributed by atoms with Crippen molar-refractivity contribution in [3.05, 3.63) is 50.6 Å². The second-order valence-electron chi connectivity index (χ2n) is 4.21. The zero-order valence-corrected chi connectivity index (χ0v) is 12.0. The minimum atomic E-state index is -0.0474. The normalized spacial score (nSPS) is 11.5. The fourth-order valence-corrected chi connectivity index (χ4v) is 2.23. The quantitative estimate of drug-likeness (QED) is 0.198. The van der Waals surface area contributed by atoms with Gasteiger partial charge < -0.3 is 26.0 Å². The van der Waals surface area contributed by atoms with Crippen molar-refractivity contribution in [2.45, 2.75) is 6.54 Å². The Morgan fingerprint density at radius 2 is 2.19 bits per heavy atom. The summed E-state index contributed by atoms with van der Waals surface area (Å²) in [6.07, 6.45) is 0. The largest absolute Gasteiger partial charge is 0.492 e. The van der Waals surface area contributed by atoms with Gasteiger partial charge in [-0.1, -0.05) is 16.5 Å². The topological polar surface area (TPSA) is 113 Å². The van der Waals surface area contributed by atoms with Gasteiger partial charge in [-0.2, -0.15) is 0 Å². The van der Waals surface area contributed by atoms with Crippen LogP contribution in [-0.4, -0.2) is 29.2 Å². The fraction of sp³-hybridized carbons (Fsp3) is 0.231. The van der Waals surface area contributed by atoms with Crippen LogP contribution in [0, 0.1) is 0 Å². The molecule has 21 heavy (non-hydrogen) atoms. The molecule has 0 unspecified atom stereocenters. The van der Waals surface area contributed by atoms with E-state index in [1.165, 1.54) is 0 Å². The summed E-state index contributed by atoms with van der Waals surface area (Å²) in [6, 6.07) is 6.94. The minimum Gasteiger partial charge on any atom is -0.492 e. The molecule has 1 aromatic heterocycles. The van der Waals surface area contributed by atoms with Gasteiger partial charge in [-0.3, -0.25) is 4.79 Å². The van der Waals surface area contributed by atoms with Gasteiger partial charge in [0.2, 0.25) is 0 Å². The van der Waals surface area contributed by atoms with Crippen LogP contribution in [0.3, 0.4) is 0 Å². The Morgan fingerprint density at radius 3 is 2.81 bits per heavy atom. The fourth-order valence-electron chi connectivity index (χ4n) is 1.64. The van der Waals surface area contributed by atoms with Crippen molar-refractivity contribution >= 4 is 17.2 Å². The number of nitrogens with two attached hydrogens (primary N) is 1. The van der Waals surface area contributed by atoms with E-state index in [1.54, 1.807) is 29.6 Å². The molecule has 0 amide bonds. The smallest absolute Gasteiger partial charge is 0.304 e. The number of amidine groups is 1.